The highest BCUT2D eigenvalue weighted by Crippen LogP contribution is 2.35. The lowest BCUT2D eigenvalue weighted by Gasteiger charge is -2.09. The normalized spacial score (nSPS) is 11.7. The summed E-state index contributed by atoms with van der Waals surface area (Å²) in [6, 6.07) is 28.3. The average Bonchev–Trinajstić information content (AvgIpc) is 3.29. The number of benzene rings is 4. The molecule has 0 spiro atoms. The van der Waals surface area contributed by atoms with Crippen LogP contribution in [0.25, 0.3) is 49.1 Å². The minimum atomic E-state index is 1.07. The molecule has 0 unspecified atom stereocenters. The van der Waals surface area contributed by atoms with Gasteiger partial charge in [-0.1, -0.05) is 48.5 Å². The number of thiazole rings is 1. The quantitative estimate of drug-likeness (QED) is 0.293. The highest BCUT2D eigenvalue weighted by molar-refractivity contribution is 7.18. The summed E-state index contributed by atoms with van der Waals surface area (Å²) in [5.41, 5.74) is 7.14. The molecule has 0 saturated heterocycles. The number of imidazole rings is 1. The molecular weight excluding hydrogens is 398 g/mol. The van der Waals surface area contributed by atoms with Gasteiger partial charge in [0.05, 0.1) is 27.8 Å². The number of nitrogens with zero attached hydrogens (tertiary/aromatic N) is 3. The van der Waals surface area contributed by atoms with Crippen molar-refractivity contribution in [2.75, 3.05) is 0 Å². The average molecular weight is 421 g/mol. The fraction of sp³-hybridized carbons (Fsp3) is 0.111. The van der Waals surface area contributed by atoms with Crippen molar-refractivity contribution in [3.05, 3.63) is 89.4 Å². The molecule has 0 aliphatic heterocycles. The number of aryl methyl sites for hydroxylation is 3. The Labute approximate surface area is 184 Å². The lowest BCUT2D eigenvalue weighted by atomic mass is 10.1. The SMILES string of the molecule is Cc1nc2cc(-c3n(-c4cccc5ccccc45)c4ccccc4[n+]3C)c(C)cc2s1. The van der Waals surface area contributed by atoms with E-state index in [1.807, 2.05) is 0 Å². The minimum absolute atomic E-state index is 1.07. The maximum Gasteiger partial charge on any atom is 0.295 e. The monoisotopic (exact) mass is 420 g/mol. The van der Waals surface area contributed by atoms with Crippen LogP contribution in [0, 0.1) is 13.8 Å². The molecule has 0 radical (unpaired) electrons. The summed E-state index contributed by atoms with van der Waals surface area (Å²) in [7, 11) is 2.16. The molecule has 6 aromatic rings. The van der Waals surface area contributed by atoms with Gasteiger partial charge in [-0.3, -0.25) is 0 Å². The summed E-state index contributed by atoms with van der Waals surface area (Å²) in [6.45, 7) is 4.28. The third-order valence-corrected chi connectivity index (χ3v) is 7.04. The Hall–Kier alpha value is -3.50. The zero-order valence-corrected chi connectivity index (χ0v) is 18.6. The number of rotatable bonds is 2. The summed E-state index contributed by atoms with van der Waals surface area (Å²) >= 11 is 1.76. The van der Waals surface area contributed by atoms with E-state index in [2.05, 4.69) is 109 Å². The topological polar surface area (TPSA) is 21.7 Å². The van der Waals surface area contributed by atoms with Gasteiger partial charge >= 0.3 is 0 Å². The summed E-state index contributed by atoms with van der Waals surface area (Å²) in [4.78, 5) is 4.78. The van der Waals surface area contributed by atoms with Gasteiger partial charge in [0, 0.05) is 5.39 Å². The molecule has 0 saturated carbocycles. The van der Waals surface area contributed by atoms with Crippen molar-refractivity contribution >= 4 is 43.4 Å². The molecule has 31 heavy (non-hydrogen) atoms. The maximum atomic E-state index is 4.78. The van der Waals surface area contributed by atoms with Crippen LogP contribution >= 0.6 is 11.3 Å². The molecule has 0 bridgehead atoms. The molecule has 0 N–H and O–H groups in total. The standard InChI is InChI=1S/C27H22N3S/c1-17-15-26-22(28-18(2)31-26)16-21(17)27-29(3)24-12-6-7-13-25(24)30(27)23-14-8-10-19-9-4-5-11-20(19)23/h4-16H,1-3H3/q+1. The van der Waals surface area contributed by atoms with Gasteiger partial charge in [0.15, 0.2) is 11.0 Å². The Bertz CT molecular complexity index is 1620. The van der Waals surface area contributed by atoms with E-state index in [0.717, 1.165) is 10.5 Å². The van der Waals surface area contributed by atoms with Crippen molar-refractivity contribution in [1.82, 2.24) is 9.55 Å². The minimum Gasteiger partial charge on any atom is -0.241 e. The molecule has 150 valence electrons. The highest BCUT2D eigenvalue weighted by atomic mass is 32.1. The first-order valence-electron chi connectivity index (χ1n) is 10.5. The van der Waals surface area contributed by atoms with Crippen LogP contribution in [0.1, 0.15) is 10.6 Å². The lowest BCUT2D eigenvalue weighted by molar-refractivity contribution is -0.633. The van der Waals surface area contributed by atoms with Gasteiger partial charge in [0.2, 0.25) is 0 Å². The van der Waals surface area contributed by atoms with Gasteiger partial charge in [-0.2, -0.15) is 4.57 Å². The van der Waals surface area contributed by atoms with E-state index in [4.69, 9.17) is 4.98 Å². The van der Waals surface area contributed by atoms with Gasteiger partial charge in [0.1, 0.15) is 5.69 Å². The molecule has 4 aromatic carbocycles. The second-order valence-corrected chi connectivity index (χ2v) is 9.31. The zero-order valence-electron chi connectivity index (χ0n) is 17.8. The first-order chi connectivity index (χ1) is 15.1. The Morgan fingerprint density at radius 1 is 0.871 bits per heavy atom. The van der Waals surface area contributed by atoms with Crippen LogP contribution in [0.5, 0.6) is 0 Å². The fourth-order valence-corrected chi connectivity index (χ4v) is 5.60. The third kappa shape index (κ3) is 2.72. The van der Waals surface area contributed by atoms with Gasteiger partial charge in [-0.05, 0) is 55.1 Å². The van der Waals surface area contributed by atoms with Crippen molar-refractivity contribution < 1.29 is 4.57 Å². The van der Waals surface area contributed by atoms with E-state index in [9.17, 15) is 0 Å². The van der Waals surface area contributed by atoms with Crippen LogP contribution in [0.3, 0.4) is 0 Å². The molecule has 3 nitrogen and oxygen atoms in total. The van der Waals surface area contributed by atoms with Crippen LogP contribution in [-0.2, 0) is 7.05 Å². The molecular formula is C27H22N3S+. The Morgan fingerprint density at radius 3 is 2.55 bits per heavy atom. The first-order valence-corrected chi connectivity index (χ1v) is 11.3. The fourth-order valence-electron chi connectivity index (χ4n) is 4.69. The van der Waals surface area contributed by atoms with E-state index in [1.165, 1.54) is 49.1 Å². The predicted molar refractivity (Wildman–Crippen MR) is 130 cm³/mol. The van der Waals surface area contributed by atoms with Gasteiger partial charge in [-0.15, -0.1) is 11.3 Å². The van der Waals surface area contributed by atoms with Crippen molar-refractivity contribution in [1.29, 1.82) is 0 Å². The molecule has 0 aliphatic rings. The second kappa shape index (κ2) is 6.76. The Kier molecular flexibility index (Phi) is 3.99. The summed E-state index contributed by atoms with van der Waals surface area (Å²) in [6.07, 6.45) is 0. The molecule has 4 heteroatoms. The number of hydrogen-bond acceptors (Lipinski definition) is 2. The van der Waals surface area contributed by atoms with Crippen LogP contribution < -0.4 is 4.57 Å². The molecule has 0 fully saturated rings. The van der Waals surface area contributed by atoms with E-state index in [1.54, 1.807) is 11.3 Å². The maximum absolute atomic E-state index is 4.78. The van der Waals surface area contributed by atoms with Crippen LogP contribution in [0.4, 0.5) is 0 Å². The van der Waals surface area contributed by atoms with Gasteiger partial charge in [0.25, 0.3) is 5.82 Å². The number of aromatic nitrogens is 3. The van der Waals surface area contributed by atoms with Crippen molar-refractivity contribution in [2.45, 2.75) is 13.8 Å². The largest absolute Gasteiger partial charge is 0.295 e. The molecule has 0 atom stereocenters. The molecule has 0 amide bonds. The van der Waals surface area contributed by atoms with Crippen molar-refractivity contribution in [2.24, 2.45) is 7.05 Å². The van der Waals surface area contributed by atoms with Crippen LogP contribution in [0.15, 0.2) is 78.9 Å². The Morgan fingerprint density at radius 2 is 1.65 bits per heavy atom. The predicted octanol–water partition coefficient (Wildman–Crippen LogP) is 6.50. The highest BCUT2D eigenvalue weighted by Gasteiger charge is 2.28. The first kappa shape index (κ1) is 18.3. The number of fused-ring (bicyclic) bond motifs is 3. The van der Waals surface area contributed by atoms with Crippen molar-refractivity contribution in [3.8, 4) is 17.1 Å². The zero-order chi connectivity index (χ0) is 21.1. The third-order valence-electron chi connectivity index (χ3n) is 6.10. The van der Waals surface area contributed by atoms with Crippen molar-refractivity contribution in [3.63, 3.8) is 0 Å². The number of para-hydroxylation sites is 2. The van der Waals surface area contributed by atoms with Gasteiger partial charge < -0.3 is 0 Å². The van der Waals surface area contributed by atoms with E-state index in [-0.39, 0.29) is 0 Å². The van der Waals surface area contributed by atoms with E-state index >= 15 is 0 Å². The van der Waals surface area contributed by atoms with Gasteiger partial charge in [-0.25, -0.2) is 9.55 Å². The number of hydrogen-bond donors (Lipinski definition) is 0. The van der Waals surface area contributed by atoms with E-state index in [0.29, 0.717) is 0 Å². The summed E-state index contributed by atoms with van der Waals surface area (Å²) < 4.78 is 5.96. The molecule has 6 rings (SSSR count). The van der Waals surface area contributed by atoms with Crippen LogP contribution in [-0.4, -0.2) is 9.55 Å². The summed E-state index contributed by atoms with van der Waals surface area (Å²) in [5.74, 6) is 1.17. The molecule has 2 aromatic heterocycles. The molecule has 2 heterocycles. The van der Waals surface area contributed by atoms with Crippen LogP contribution in [0.2, 0.25) is 0 Å². The summed E-state index contributed by atoms with van der Waals surface area (Å²) in [5, 5.41) is 3.59. The Balaban J connectivity index is 1.78. The second-order valence-electron chi connectivity index (χ2n) is 8.07. The smallest absolute Gasteiger partial charge is 0.241 e. The lowest BCUT2D eigenvalue weighted by Crippen LogP contribution is -2.30. The molecule has 0 aliphatic carbocycles. The van der Waals surface area contributed by atoms with E-state index < -0.39 is 0 Å².